The molecule has 0 radical (unpaired) electrons. The van der Waals surface area contributed by atoms with Gasteiger partial charge in [0.25, 0.3) is 0 Å². The topological polar surface area (TPSA) is 26.0 Å². The molecule has 1 nitrogen and oxygen atoms in total. The van der Waals surface area contributed by atoms with Crippen LogP contribution in [0.2, 0.25) is 0 Å². The van der Waals surface area contributed by atoms with E-state index in [1.807, 2.05) is 18.2 Å². The molecule has 0 aliphatic heterocycles. The average molecular weight is 279 g/mol. The fraction of sp³-hybridized carbons (Fsp3) is 0. The molecule has 21 heavy (non-hydrogen) atoms. The molecule has 0 heterocycles. The van der Waals surface area contributed by atoms with Crippen LogP contribution < -0.4 is 5.73 Å². The molecule has 2 rings (SSSR count). The fourth-order valence-electron chi connectivity index (χ4n) is 1.52. The zero-order valence-corrected chi connectivity index (χ0v) is 11.0. The fourth-order valence-corrected chi connectivity index (χ4v) is 1.52. The first kappa shape index (κ1) is 14.4. The molecule has 2 N–H and O–H groups in total. The van der Waals surface area contributed by atoms with Gasteiger partial charge in [-0.25, -0.2) is 8.78 Å². The predicted octanol–water partition coefficient (Wildman–Crippen LogP) is 3.51. The van der Waals surface area contributed by atoms with Gasteiger partial charge in [0, 0.05) is 17.3 Å². The smallest absolute Gasteiger partial charge is 0.141 e. The molecule has 0 aliphatic carbocycles. The zero-order chi connectivity index (χ0) is 15.1. The summed E-state index contributed by atoms with van der Waals surface area (Å²) in [6.45, 7) is 0. The van der Waals surface area contributed by atoms with Gasteiger partial charge in [0.15, 0.2) is 0 Å². The largest absolute Gasteiger partial charge is 0.398 e. The minimum absolute atomic E-state index is 0.140. The third-order valence-corrected chi connectivity index (χ3v) is 2.56. The van der Waals surface area contributed by atoms with Gasteiger partial charge < -0.3 is 5.73 Å². The van der Waals surface area contributed by atoms with E-state index in [1.165, 1.54) is 12.1 Å². The molecule has 3 heteroatoms. The van der Waals surface area contributed by atoms with Crippen molar-refractivity contribution in [3.63, 3.8) is 0 Å². The van der Waals surface area contributed by atoms with Crippen molar-refractivity contribution >= 4 is 5.69 Å². The van der Waals surface area contributed by atoms with E-state index in [-0.39, 0.29) is 5.56 Å². The summed E-state index contributed by atoms with van der Waals surface area (Å²) in [6, 6.07) is 10.5. The van der Waals surface area contributed by atoms with Crippen LogP contribution >= 0.6 is 0 Å². The highest BCUT2D eigenvalue weighted by atomic mass is 19.1. The number of nitrogen functional groups attached to an aromatic ring is 1. The number of para-hydroxylation sites is 1. The van der Waals surface area contributed by atoms with Crippen LogP contribution in [-0.2, 0) is 0 Å². The number of rotatable bonds is 0. The monoisotopic (exact) mass is 279 g/mol. The van der Waals surface area contributed by atoms with Crippen LogP contribution in [-0.4, -0.2) is 0 Å². The average Bonchev–Trinajstić information content (AvgIpc) is 2.46. The van der Waals surface area contributed by atoms with E-state index in [4.69, 9.17) is 5.73 Å². The van der Waals surface area contributed by atoms with Crippen LogP contribution in [0.25, 0.3) is 0 Å². The maximum absolute atomic E-state index is 13.3. The number of nitrogens with two attached hydrogens (primary N) is 1. The Balaban J connectivity index is 2.05. The van der Waals surface area contributed by atoms with E-state index < -0.39 is 11.6 Å². The van der Waals surface area contributed by atoms with Crippen LogP contribution in [0.3, 0.4) is 0 Å². The van der Waals surface area contributed by atoms with Gasteiger partial charge in [0.2, 0.25) is 0 Å². The van der Waals surface area contributed by atoms with E-state index in [9.17, 15) is 8.78 Å². The second-order valence-corrected chi connectivity index (χ2v) is 4.08. The maximum atomic E-state index is 13.3. The zero-order valence-electron chi connectivity index (χ0n) is 11.0. The minimum Gasteiger partial charge on any atom is -0.398 e. The Morgan fingerprint density at radius 3 is 2.19 bits per heavy atom. The summed E-state index contributed by atoms with van der Waals surface area (Å²) in [5.74, 6) is 9.57. The van der Waals surface area contributed by atoms with Crippen LogP contribution in [0.4, 0.5) is 14.5 Å². The molecule has 0 fully saturated rings. The van der Waals surface area contributed by atoms with E-state index >= 15 is 0 Å². The summed E-state index contributed by atoms with van der Waals surface area (Å²) in [5.41, 5.74) is 7.22. The van der Waals surface area contributed by atoms with Crippen LogP contribution in [0.5, 0.6) is 0 Å². The van der Waals surface area contributed by atoms with Gasteiger partial charge in [-0.2, -0.15) is 0 Å². The molecule has 0 bridgehead atoms. The number of anilines is 1. The quantitative estimate of drug-likeness (QED) is 0.579. The Hall–Kier alpha value is -3.04. The lowest BCUT2D eigenvalue weighted by Crippen LogP contribution is -1.87. The molecule has 2 aromatic rings. The van der Waals surface area contributed by atoms with Crippen molar-refractivity contribution in [1.82, 2.24) is 0 Å². The second kappa shape index (κ2) is 6.93. The number of allylic oxidation sites excluding steroid dienone is 2. The van der Waals surface area contributed by atoms with E-state index in [2.05, 4.69) is 23.7 Å². The first-order chi connectivity index (χ1) is 10.2. The Kier molecular flexibility index (Phi) is 4.75. The van der Waals surface area contributed by atoms with Gasteiger partial charge in [-0.15, -0.1) is 0 Å². The van der Waals surface area contributed by atoms with Gasteiger partial charge in [0.05, 0.1) is 5.56 Å². The molecule has 0 aliphatic rings. The molecular formula is C18H11F2N. The molecule has 0 saturated carbocycles. The lowest BCUT2D eigenvalue weighted by molar-refractivity contribution is 0.581. The highest BCUT2D eigenvalue weighted by Gasteiger charge is 1.99. The van der Waals surface area contributed by atoms with Crippen molar-refractivity contribution < 1.29 is 8.78 Å². The third kappa shape index (κ3) is 4.23. The van der Waals surface area contributed by atoms with Gasteiger partial charge in [-0.1, -0.05) is 35.8 Å². The van der Waals surface area contributed by atoms with Crippen molar-refractivity contribution in [2.75, 3.05) is 5.73 Å². The highest BCUT2D eigenvalue weighted by Crippen LogP contribution is 2.08. The predicted molar refractivity (Wildman–Crippen MR) is 80.1 cm³/mol. The Morgan fingerprint density at radius 1 is 0.857 bits per heavy atom. The number of hydrogen-bond acceptors (Lipinski definition) is 1. The molecule has 0 amide bonds. The Labute approximate surface area is 122 Å². The summed E-state index contributed by atoms with van der Waals surface area (Å²) in [7, 11) is 0. The van der Waals surface area contributed by atoms with Gasteiger partial charge in [0.1, 0.15) is 11.6 Å². The van der Waals surface area contributed by atoms with Gasteiger partial charge in [-0.3, -0.25) is 0 Å². The molecule has 0 saturated heterocycles. The van der Waals surface area contributed by atoms with Crippen LogP contribution in [0.15, 0.2) is 54.6 Å². The summed E-state index contributed by atoms with van der Waals surface area (Å²) in [4.78, 5) is 0. The maximum Gasteiger partial charge on any atom is 0.141 e. The molecular weight excluding hydrogens is 268 g/mol. The minimum atomic E-state index is -0.681. The molecule has 0 atom stereocenters. The molecule has 0 unspecified atom stereocenters. The SMILES string of the molecule is Nc1ccccc1C#C/C=C\C#Cc1ccc(F)cc1F. The van der Waals surface area contributed by atoms with E-state index in [1.54, 1.807) is 12.1 Å². The van der Waals surface area contributed by atoms with Crippen molar-refractivity contribution in [3.05, 3.63) is 77.4 Å². The van der Waals surface area contributed by atoms with Gasteiger partial charge >= 0.3 is 0 Å². The van der Waals surface area contributed by atoms with Gasteiger partial charge in [-0.05, 0) is 36.4 Å². The normalized spacial score (nSPS) is 9.62. The second-order valence-electron chi connectivity index (χ2n) is 4.08. The lowest BCUT2D eigenvalue weighted by atomic mass is 10.2. The standard InChI is InChI=1S/C18H11F2N/c19-16-12-11-14(17(20)13-16)7-3-1-2-4-8-15-9-5-6-10-18(15)21/h1-2,5-6,9-13H,21H2/b2-1-. The third-order valence-electron chi connectivity index (χ3n) is 2.56. The number of benzene rings is 2. The lowest BCUT2D eigenvalue weighted by Gasteiger charge is -1.93. The van der Waals surface area contributed by atoms with E-state index in [0.717, 1.165) is 17.7 Å². The van der Waals surface area contributed by atoms with Crippen molar-refractivity contribution in [2.24, 2.45) is 0 Å². The Morgan fingerprint density at radius 2 is 1.52 bits per heavy atom. The summed E-state index contributed by atoms with van der Waals surface area (Å²) >= 11 is 0. The number of halogens is 2. The molecule has 0 spiro atoms. The van der Waals surface area contributed by atoms with Crippen molar-refractivity contribution in [2.45, 2.75) is 0 Å². The molecule has 102 valence electrons. The molecule has 2 aromatic carbocycles. The van der Waals surface area contributed by atoms with Crippen molar-refractivity contribution in [3.8, 4) is 23.7 Å². The highest BCUT2D eigenvalue weighted by molar-refractivity contribution is 5.56. The summed E-state index contributed by atoms with van der Waals surface area (Å²) in [6.07, 6.45) is 3.04. The van der Waals surface area contributed by atoms with E-state index in [0.29, 0.717) is 5.69 Å². The number of hydrogen-bond donors (Lipinski definition) is 1. The first-order valence-corrected chi connectivity index (χ1v) is 6.14. The summed E-state index contributed by atoms with van der Waals surface area (Å²) < 4.78 is 26.0. The Bertz CT molecular complexity index is 799. The van der Waals surface area contributed by atoms with Crippen molar-refractivity contribution in [1.29, 1.82) is 0 Å². The first-order valence-electron chi connectivity index (χ1n) is 6.14. The molecule has 0 aromatic heterocycles. The van der Waals surface area contributed by atoms with Crippen LogP contribution in [0.1, 0.15) is 11.1 Å². The summed E-state index contributed by atoms with van der Waals surface area (Å²) in [5, 5.41) is 0. The van der Waals surface area contributed by atoms with Crippen LogP contribution in [0, 0.1) is 35.3 Å².